The zero-order valence-corrected chi connectivity index (χ0v) is 10.3. The van der Waals surface area contributed by atoms with Crippen molar-refractivity contribution >= 4 is 17.3 Å². The van der Waals surface area contributed by atoms with Crippen molar-refractivity contribution in [3.8, 4) is 0 Å². The minimum atomic E-state index is 0.137. The van der Waals surface area contributed by atoms with E-state index in [1.165, 1.54) is 17.1 Å². The van der Waals surface area contributed by atoms with E-state index in [2.05, 4.69) is 21.7 Å². The molecule has 1 aromatic heterocycles. The number of rotatable bonds is 3. The Balaban J connectivity index is 1.78. The van der Waals surface area contributed by atoms with Gasteiger partial charge < -0.3 is 0 Å². The van der Waals surface area contributed by atoms with Crippen LogP contribution >= 0.6 is 11.5 Å². The molecule has 17 heavy (non-hydrogen) atoms. The number of hydrogen-bond acceptors (Lipinski definition) is 4. The summed E-state index contributed by atoms with van der Waals surface area (Å²) in [5, 5.41) is 3.89. The van der Waals surface area contributed by atoms with E-state index in [-0.39, 0.29) is 11.7 Å². The summed E-state index contributed by atoms with van der Waals surface area (Å²) < 4.78 is 3.82. The van der Waals surface area contributed by atoms with E-state index in [4.69, 9.17) is 0 Å². The van der Waals surface area contributed by atoms with Gasteiger partial charge in [-0.3, -0.25) is 4.79 Å². The average molecular weight is 244 g/mol. The quantitative estimate of drug-likeness (QED) is 0.780. The maximum atomic E-state index is 12.2. The third-order valence-corrected chi connectivity index (χ3v) is 4.07. The van der Waals surface area contributed by atoms with Crippen molar-refractivity contribution < 1.29 is 4.79 Å². The number of carbonyl (C=O) groups excluding carboxylic acids is 1. The largest absolute Gasteiger partial charge is 0.293 e. The minimum Gasteiger partial charge on any atom is -0.293 e. The second kappa shape index (κ2) is 4.04. The van der Waals surface area contributed by atoms with Crippen LogP contribution in [0, 0.1) is 12.8 Å². The van der Waals surface area contributed by atoms with E-state index < -0.39 is 0 Å². The van der Waals surface area contributed by atoms with Gasteiger partial charge in [0.05, 0.1) is 5.69 Å². The lowest BCUT2D eigenvalue weighted by Crippen LogP contribution is -2.02. The Kier molecular flexibility index (Phi) is 2.52. The molecule has 3 rings (SSSR count). The van der Waals surface area contributed by atoms with E-state index in [9.17, 15) is 4.79 Å². The van der Waals surface area contributed by atoms with Crippen LogP contribution in [-0.4, -0.2) is 15.4 Å². The van der Waals surface area contributed by atoms with Crippen molar-refractivity contribution in [3.05, 3.63) is 46.5 Å². The molecule has 0 radical (unpaired) electrons. The van der Waals surface area contributed by atoms with Gasteiger partial charge in [-0.05, 0) is 36.4 Å². The van der Waals surface area contributed by atoms with Gasteiger partial charge in [0.2, 0.25) is 0 Å². The number of benzene rings is 1. The van der Waals surface area contributed by atoms with Crippen molar-refractivity contribution in [2.24, 2.45) is 5.92 Å². The summed E-state index contributed by atoms with van der Waals surface area (Å²) in [4.78, 5) is 12.9. The first kappa shape index (κ1) is 10.6. The zero-order chi connectivity index (χ0) is 11.8. The molecule has 86 valence electrons. The fourth-order valence-corrected chi connectivity index (χ4v) is 2.84. The van der Waals surface area contributed by atoms with Gasteiger partial charge in [0.1, 0.15) is 4.88 Å². The van der Waals surface area contributed by atoms with Gasteiger partial charge in [-0.25, -0.2) is 0 Å². The minimum absolute atomic E-state index is 0.137. The number of ketones is 1. The Morgan fingerprint density at radius 2 is 2.12 bits per heavy atom. The second-order valence-corrected chi connectivity index (χ2v) is 5.17. The van der Waals surface area contributed by atoms with Gasteiger partial charge in [0.15, 0.2) is 5.78 Å². The van der Waals surface area contributed by atoms with E-state index >= 15 is 0 Å². The highest BCUT2D eigenvalue weighted by Gasteiger charge is 2.44. The first-order valence-electron chi connectivity index (χ1n) is 5.65. The molecule has 0 aliphatic heterocycles. The standard InChI is InChI=1S/C13H12N2OS/c1-8-13(17-15-14-8)12(16)11-7-10(11)9-5-3-2-4-6-9/h2-6,10-11H,7H2,1H3. The highest BCUT2D eigenvalue weighted by atomic mass is 32.1. The van der Waals surface area contributed by atoms with Gasteiger partial charge in [-0.1, -0.05) is 34.8 Å². The molecule has 0 amide bonds. The third kappa shape index (κ3) is 1.89. The number of aryl methyl sites for hydroxylation is 1. The molecule has 2 atom stereocenters. The number of hydrogen-bond donors (Lipinski definition) is 0. The molecule has 1 aliphatic carbocycles. The van der Waals surface area contributed by atoms with Crippen LogP contribution in [0.1, 0.15) is 33.3 Å². The molecule has 2 aromatic rings. The first-order chi connectivity index (χ1) is 8.27. The molecule has 4 heteroatoms. The number of carbonyl (C=O) groups is 1. The topological polar surface area (TPSA) is 42.9 Å². The van der Waals surface area contributed by atoms with E-state index in [1.54, 1.807) is 0 Å². The number of aromatic nitrogens is 2. The first-order valence-corrected chi connectivity index (χ1v) is 6.43. The second-order valence-electron chi connectivity index (χ2n) is 4.41. The van der Waals surface area contributed by atoms with Crippen molar-refractivity contribution in [2.45, 2.75) is 19.3 Å². The Labute approximate surface area is 104 Å². The van der Waals surface area contributed by atoms with Crippen LogP contribution < -0.4 is 0 Å². The van der Waals surface area contributed by atoms with Gasteiger partial charge in [-0.2, -0.15) is 0 Å². The lowest BCUT2D eigenvalue weighted by molar-refractivity contribution is 0.0968. The fourth-order valence-electron chi connectivity index (χ4n) is 2.18. The van der Waals surface area contributed by atoms with Crippen LogP contribution in [0.15, 0.2) is 30.3 Å². The maximum Gasteiger partial charge on any atom is 0.180 e. The Bertz CT molecular complexity index is 550. The lowest BCUT2D eigenvalue weighted by atomic mass is 10.1. The molecule has 1 aliphatic rings. The summed E-state index contributed by atoms with van der Waals surface area (Å²) in [5.74, 6) is 0.745. The van der Waals surface area contributed by atoms with Crippen LogP contribution in [-0.2, 0) is 0 Å². The summed E-state index contributed by atoms with van der Waals surface area (Å²) in [7, 11) is 0. The van der Waals surface area contributed by atoms with Crippen molar-refractivity contribution in [3.63, 3.8) is 0 Å². The normalized spacial score (nSPS) is 22.4. The Hall–Kier alpha value is -1.55. The molecule has 1 saturated carbocycles. The summed E-state index contributed by atoms with van der Waals surface area (Å²) in [6.07, 6.45) is 0.959. The van der Waals surface area contributed by atoms with Crippen LogP contribution in [0.4, 0.5) is 0 Å². The van der Waals surface area contributed by atoms with Gasteiger partial charge >= 0.3 is 0 Å². The van der Waals surface area contributed by atoms with Crippen LogP contribution in [0.5, 0.6) is 0 Å². The Morgan fingerprint density at radius 1 is 1.35 bits per heavy atom. The van der Waals surface area contributed by atoms with E-state index in [0.717, 1.165) is 17.0 Å². The van der Waals surface area contributed by atoms with Gasteiger partial charge in [-0.15, -0.1) is 5.10 Å². The fraction of sp³-hybridized carbons (Fsp3) is 0.308. The molecular formula is C13H12N2OS. The van der Waals surface area contributed by atoms with E-state index in [1.807, 2.05) is 25.1 Å². The van der Waals surface area contributed by atoms with Crippen LogP contribution in [0.2, 0.25) is 0 Å². The number of nitrogens with zero attached hydrogens (tertiary/aromatic N) is 2. The monoisotopic (exact) mass is 244 g/mol. The molecule has 1 heterocycles. The zero-order valence-electron chi connectivity index (χ0n) is 9.46. The predicted molar refractivity (Wildman–Crippen MR) is 66.3 cm³/mol. The smallest absolute Gasteiger partial charge is 0.180 e. The van der Waals surface area contributed by atoms with Crippen molar-refractivity contribution in [1.29, 1.82) is 0 Å². The SMILES string of the molecule is Cc1nnsc1C(=O)C1CC1c1ccccc1. The van der Waals surface area contributed by atoms with Crippen molar-refractivity contribution in [1.82, 2.24) is 9.59 Å². The molecule has 3 nitrogen and oxygen atoms in total. The molecular weight excluding hydrogens is 232 g/mol. The maximum absolute atomic E-state index is 12.2. The molecule has 0 N–H and O–H groups in total. The molecule has 0 bridgehead atoms. The van der Waals surface area contributed by atoms with Crippen molar-refractivity contribution in [2.75, 3.05) is 0 Å². The Morgan fingerprint density at radius 3 is 2.76 bits per heavy atom. The number of Topliss-reactive ketones (excluding diaryl/α,β-unsaturated/α-hetero) is 1. The highest BCUT2D eigenvalue weighted by Crippen LogP contribution is 2.49. The lowest BCUT2D eigenvalue weighted by Gasteiger charge is -1.98. The highest BCUT2D eigenvalue weighted by molar-refractivity contribution is 7.08. The molecule has 0 spiro atoms. The van der Waals surface area contributed by atoms with Gasteiger partial charge in [0.25, 0.3) is 0 Å². The van der Waals surface area contributed by atoms with Crippen LogP contribution in [0.3, 0.4) is 0 Å². The summed E-state index contributed by atoms with van der Waals surface area (Å²) in [6, 6.07) is 10.2. The van der Waals surface area contributed by atoms with Crippen LogP contribution in [0.25, 0.3) is 0 Å². The molecule has 0 saturated heterocycles. The average Bonchev–Trinajstić information content (AvgIpc) is 3.05. The van der Waals surface area contributed by atoms with E-state index in [0.29, 0.717) is 5.92 Å². The molecule has 1 aromatic carbocycles. The summed E-state index contributed by atoms with van der Waals surface area (Å²) in [5.41, 5.74) is 2.03. The predicted octanol–water partition coefficient (Wildman–Crippen LogP) is 2.83. The van der Waals surface area contributed by atoms with Gasteiger partial charge in [0, 0.05) is 5.92 Å². The molecule has 1 fully saturated rings. The summed E-state index contributed by atoms with van der Waals surface area (Å²) in [6.45, 7) is 1.84. The third-order valence-electron chi connectivity index (χ3n) is 3.23. The molecule has 2 unspecified atom stereocenters. The summed E-state index contributed by atoms with van der Waals surface area (Å²) >= 11 is 1.21.